The molecule has 0 spiro atoms. The van der Waals surface area contributed by atoms with E-state index in [0.717, 1.165) is 0 Å². The molecule has 0 saturated carbocycles. The van der Waals surface area contributed by atoms with Gasteiger partial charge < -0.3 is 11.5 Å². The minimum absolute atomic E-state index is 0.0406. The van der Waals surface area contributed by atoms with Crippen molar-refractivity contribution >= 4 is 11.6 Å². The Morgan fingerprint density at radius 2 is 2.00 bits per heavy atom. The van der Waals surface area contributed by atoms with Gasteiger partial charge in [-0.2, -0.15) is 5.10 Å². The Hall–Kier alpha value is -2.44. The molecular formula is C8H8N6O. The normalized spacial score (nSPS) is 10.1. The van der Waals surface area contributed by atoms with Crippen LogP contribution in [0.4, 0.5) is 5.69 Å². The molecule has 0 radical (unpaired) electrons. The Labute approximate surface area is 84.7 Å². The van der Waals surface area contributed by atoms with Gasteiger partial charge in [0.25, 0.3) is 5.91 Å². The van der Waals surface area contributed by atoms with Crippen LogP contribution in [-0.2, 0) is 0 Å². The maximum atomic E-state index is 10.9. The lowest BCUT2D eigenvalue weighted by Gasteiger charge is -1.96. The molecule has 0 saturated heterocycles. The SMILES string of the molecule is NC(=O)c1nn(-c2cncnc2)cc1N. The van der Waals surface area contributed by atoms with Gasteiger partial charge in [0.1, 0.15) is 12.0 Å². The second-order valence-corrected chi connectivity index (χ2v) is 2.84. The number of carbonyl (C=O) groups excluding carboxylic acids is 1. The summed E-state index contributed by atoms with van der Waals surface area (Å²) in [5.41, 5.74) is 11.5. The van der Waals surface area contributed by atoms with Crippen molar-refractivity contribution in [2.45, 2.75) is 0 Å². The van der Waals surface area contributed by atoms with Gasteiger partial charge in [0, 0.05) is 0 Å². The molecule has 2 aromatic rings. The van der Waals surface area contributed by atoms with Crippen LogP contribution in [0.15, 0.2) is 24.9 Å². The number of hydrogen-bond acceptors (Lipinski definition) is 5. The van der Waals surface area contributed by atoms with E-state index in [1.807, 2.05) is 0 Å². The van der Waals surface area contributed by atoms with Crippen molar-refractivity contribution < 1.29 is 4.79 Å². The average molecular weight is 204 g/mol. The van der Waals surface area contributed by atoms with Gasteiger partial charge >= 0.3 is 0 Å². The minimum Gasteiger partial charge on any atom is -0.396 e. The summed E-state index contributed by atoms with van der Waals surface area (Å²) in [7, 11) is 0. The van der Waals surface area contributed by atoms with Gasteiger partial charge in [-0.1, -0.05) is 0 Å². The van der Waals surface area contributed by atoms with E-state index in [-0.39, 0.29) is 11.4 Å². The Balaban J connectivity index is 2.48. The molecule has 4 N–H and O–H groups in total. The largest absolute Gasteiger partial charge is 0.396 e. The summed E-state index contributed by atoms with van der Waals surface area (Å²) in [6.07, 6.45) is 5.97. The molecule has 0 aliphatic rings. The summed E-state index contributed by atoms with van der Waals surface area (Å²) in [6, 6.07) is 0. The van der Waals surface area contributed by atoms with E-state index in [1.165, 1.54) is 17.2 Å². The molecule has 0 aliphatic heterocycles. The second-order valence-electron chi connectivity index (χ2n) is 2.84. The average Bonchev–Trinajstić information content (AvgIpc) is 2.62. The third-order valence-electron chi connectivity index (χ3n) is 1.79. The van der Waals surface area contributed by atoms with Crippen LogP contribution < -0.4 is 11.5 Å². The number of rotatable bonds is 2. The lowest BCUT2D eigenvalue weighted by molar-refractivity contribution is 0.0996. The van der Waals surface area contributed by atoms with Crippen molar-refractivity contribution in [3.63, 3.8) is 0 Å². The third-order valence-corrected chi connectivity index (χ3v) is 1.79. The fourth-order valence-corrected chi connectivity index (χ4v) is 1.12. The number of hydrogen-bond donors (Lipinski definition) is 2. The number of amides is 1. The molecule has 1 amide bonds. The maximum Gasteiger partial charge on any atom is 0.271 e. The number of carbonyl (C=O) groups is 1. The zero-order valence-electron chi connectivity index (χ0n) is 7.66. The quantitative estimate of drug-likeness (QED) is 0.674. The molecule has 0 aromatic carbocycles. The Morgan fingerprint density at radius 1 is 1.33 bits per heavy atom. The van der Waals surface area contributed by atoms with Crippen LogP contribution in [0.2, 0.25) is 0 Å². The predicted octanol–water partition coefficient (Wildman–Crippen LogP) is -0.657. The monoisotopic (exact) mass is 204 g/mol. The van der Waals surface area contributed by atoms with Crippen LogP contribution in [-0.4, -0.2) is 25.7 Å². The predicted molar refractivity (Wildman–Crippen MR) is 52.1 cm³/mol. The number of nitrogens with zero attached hydrogens (tertiary/aromatic N) is 4. The first-order chi connectivity index (χ1) is 7.18. The zero-order chi connectivity index (χ0) is 10.8. The van der Waals surface area contributed by atoms with Crippen LogP contribution in [0.3, 0.4) is 0 Å². The summed E-state index contributed by atoms with van der Waals surface area (Å²) in [5.74, 6) is -0.664. The Bertz CT molecular complexity index is 491. The molecule has 2 heterocycles. The number of anilines is 1. The van der Waals surface area contributed by atoms with Crippen molar-refractivity contribution in [1.82, 2.24) is 19.7 Å². The summed E-state index contributed by atoms with van der Waals surface area (Å²) in [5, 5.41) is 3.92. The topological polar surface area (TPSA) is 113 Å². The van der Waals surface area contributed by atoms with E-state index in [0.29, 0.717) is 5.69 Å². The standard InChI is InChI=1S/C8H8N6O/c9-6-3-14(13-7(6)8(10)15)5-1-11-4-12-2-5/h1-4H,9H2,(H2,10,15). The van der Waals surface area contributed by atoms with E-state index in [2.05, 4.69) is 15.1 Å². The van der Waals surface area contributed by atoms with Crippen molar-refractivity contribution in [3.8, 4) is 5.69 Å². The van der Waals surface area contributed by atoms with Crippen molar-refractivity contribution in [2.24, 2.45) is 5.73 Å². The third kappa shape index (κ3) is 1.62. The Kier molecular flexibility index (Phi) is 2.05. The molecule has 0 fully saturated rings. The number of aromatic nitrogens is 4. The van der Waals surface area contributed by atoms with Crippen LogP contribution in [0.25, 0.3) is 5.69 Å². The number of nitrogens with two attached hydrogens (primary N) is 2. The van der Waals surface area contributed by atoms with E-state index in [9.17, 15) is 4.79 Å². The highest BCUT2D eigenvalue weighted by atomic mass is 16.1. The molecule has 2 aromatic heterocycles. The van der Waals surface area contributed by atoms with Crippen molar-refractivity contribution in [3.05, 3.63) is 30.6 Å². The highest BCUT2D eigenvalue weighted by molar-refractivity contribution is 5.95. The maximum absolute atomic E-state index is 10.9. The van der Waals surface area contributed by atoms with Gasteiger partial charge in [0.2, 0.25) is 0 Å². The van der Waals surface area contributed by atoms with Crippen molar-refractivity contribution in [1.29, 1.82) is 0 Å². The highest BCUT2D eigenvalue weighted by Gasteiger charge is 2.11. The molecule has 0 bridgehead atoms. The van der Waals surface area contributed by atoms with Gasteiger partial charge in [-0.15, -0.1) is 0 Å². The fourth-order valence-electron chi connectivity index (χ4n) is 1.12. The molecule has 2 rings (SSSR count). The molecule has 7 heteroatoms. The summed E-state index contributed by atoms with van der Waals surface area (Å²) in [4.78, 5) is 18.5. The van der Waals surface area contributed by atoms with Gasteiger partial charge in [-0.3, -0.25) is 4.79 Å². The van der Waals surface area contributed by atoms with E-state index >= 15 is 0 Å². The molecule has 76 valence electrons. The summed E-state index contributed by atoms with van der Waals surface area (Å²) < 4.78 is 1.40. The summed E-state index contributed by atoms with van der Waals surface area (Å²) >= 11 is 0. The first kappa shape index (κ1) is 9.13. The molecule has 7 nitrogen and oxygen atoms in total. The van der Waals surface area contributed by atoms with E-state index in [4.69, 9.17) is 11.5 Å². The van der Waals surface area contributed by atoms with Crippen LogP contribution >= 0.6 is 0 Å². The van der Waals surface area contributed by atoms with Gasteiger partial charge in [-0.05, 0) is 0 Å². The van der Waals surface area contributed by atoms with Crippen LogP contribution in [0.5, 0.6) is 0 Å². The first-order valence-electron chi connectivity index (χ1n) is 4.09. The van der Waals surface area contributed by atoms with Gasteiger partial charge in [0.15, 0.2) is 5.69 Å². The Morgan fingerprint density at radius 3 is 2.53 bits per heavy atom. The van der Waals surface area contributed by atoms with E-state index in [1.54, 1.807) is 12.4 Å². The van der Waals surface area contributed by atoms with E-state index < -0.39 is 5.91 Å². The second kappa shape index (κ2) is 3.37. The molecule has 15 heavy (non-hydrogen) atoms. The molecule has 0 unspecified atom stereocenters. The van der Waals surface area contributed by atoms with Crippen LogP contribution in [0.1, 0.15) is 10.5 Å². The lowest BCUT2D eigenvalue weighted by Crippen LogP contribution is -2.14. The number of nitrogen functional groups attached to an aromatic ring is 1. The van der Waals surface area contributed by atoms with Crippen LogP contribution in [0, 0.1) is 0 Å². The molecule has 0 atom stereocenters. The smallest absolute Gasteiger partial charge is 0.271 e. The van der Waals surface area contributed by atoms with Crippen molar-refractivity contribution in [2.75, 3.05) is 5.73 Å². The zero-order valence-corrected chi connectivity index (χ0v) is 7.66. The van der Waals surface area contributed by atoms with Gasteiger partial charge in [-0.25, -0.2) is 14.6 Å². The lowest BCUT2D eigenvalue weighted by atomic mass is 10.4. The summed E-state index contributed by atoms with van der Waals surface area (Å²) in [6.45, 7) is 0. The molecular weight excluding hydrogens is 196 g/mol. The fraction of sp³-hybridized carbons (Fsp3) is 0. The highest BCUT2D eigenvalue weighted by Crippen LogP contribution is 2.11. The minimum atomic E-state index is -0.664. The molecule has 0 aliphatic carbocycles. The number of primary amides is 1. The van der Waals surface area contributed by atoms with Gasteiger partial charge in [0.05, 0.1) is 24.3 Å². The first-order valence-corrected chi connectivity index (χ1v) is 4.09.